The number of aliphatic hydroxyl groups is 1. The van der Waals surface area contributed by atoms with Gasteiger partial charge in [-0.15, -0.1) is 24.0 Å². The largest absolute Gasteiger partial charge is 0.493 e. The highest BCUT2D eigenvalue weighted by Crippen LogP contribution is 2.18. The van der Waals surface area contributed by atoms with Crippen molar-refractivity contribution in [3.05, 3.63) is 29.8 Å². The maximum atomic E-state index is 8.88. The van der Waals surface area contributed by atoms with E-state index in [0.29, 0.717) is 18.4 Å². The van der Waals surface area contributed by atoms with Crippen LogP contribution in [0.4, 0.5) is 0 Å². The highest BCUT2D eigenvalue weighted by atomic mass is 127. The SMILES string of the molecule is CCNC(=NCCO)NC(C)c1ccc(OCC(C)C)cc1.I. The number of hydrogen-bond donors (Lipinski definition) is 3. The monoisotopic (exact) mass is 435 g/mol. The van der Waals surface area contributed by atoms with Gasteiger partial charge in [-0.1, -0.05) is 26.0 Å². The van der Waals surface area contributed by atoms with Crippen LogP contribution in [0.2, 0.25) is 0 Å². The molecule has 23 heavy (non-hydrogen) atoms. The average molecular weight is 435 g/mol. The quantitative estimate of drug-likeness (QED) is 0.334. The molecule has 132 valence electrons. The number of nitrogens with one attached hydrogen (secondary N) is 2. The van der Waals surface area contributed by atoms with Crippen LogP contribution in [0.1, 0.15) is 39.3 Å². The van der Waals surface area contributed by atoms with E-state index in [1.54, 1.807) is 0 Å². The molecule has 0 aliphatic heterocycles. The van der Waals surface area contributed by atoms with Crippen LogP contribution in [0, 0.1) is 5.92 Å². The van der Waals surface area contributed by atoms with E-state index in [-0.39, 0.29) is 36.6 Å². The Hall–Kier alpha value is -1.02. The lowest BCUT2D eigenvalue weighted by Crippen LogP contribution is -2.38. The smallest absolute Gasteiger partial charge is 0.191 e. The summed E-state index contributed by atoms with van der Waals surface area (Å²) in [4.78, 5) is 4.28. The van der Waals surface area contributed by atoms with E-state index in [2.05, 4.69) is 48.5 Å². The van der Waals surface area contributed by atoms with Gasteiger partial charge in [0.25, 0.3) is 0 Å². The Bertz CT molecular complexity index is 450. The van der Waals surface area contributed by atoms with Gasteiger partial charge < -0.3 is 20.5 Å². The summed E-state index contributed by atoms with van der Waals surface area (Å²) in [5, 5.41) is 15.4. The van der Waals surface area contributed by atoms with Crippen molar-refractivity contribution in [2.24, 2.45) is 10.9 Å². The Morgan fingerprint density at radius 3 is 2.39 bits per heavy atom. The van der Waals surface area contributed by atoms with Crippen LogP contribution < -0.4 is 15.4 Å². The zero-order valence-electron chi connectivity index (χ0n) is 14.5. The third-order valence-corrected chi connectivity index (χ3v) is 3.03. The highest BCUT2D eigenvalue weighted by Gasteiger charge is 2.08. The van der Waals surface area contributed by atoms with Gasteiger partial charge in [-0.3, -0.25) is 4.99 Å². The van der Waals surface area contributed by atoms with E-state index in [1.165, 1.54) is 0 Å². The predicted molar refractivity (Wildman–Crippen MR) is 107 cm³/mol. The first-order valence-corrected chi connectivity index (χ1v) is 7.95. The molecule has 0 aromatic heterocycles. The third-order valence-electron chi connectivity index (χ3n) is 3.03. The van der Waals surface area contributed by atoms with Gasteiger partial charge in [0.1, 0.15) is 5.75 Å². The summed E-state index contributed by atoms with van der Waals surface area (Å²) >= 11 is 0. The Balaban J connectivity index is 0.00000484. The van der Waals surface area contributed by atoms with Gasteiger partial charge in [-0.2, -0.15) is 0 Å². The average Bonchev–Trinajstić information content (AvgIpc) is 2.51. The second kappa shape index (κ2) is 12.4. The minimum atomic E-state index is 0. The molecule has 0 aliphatic carbocycles. The Morgan fingerprint density at radius 2 is 1.87 bits per heavy atom. The van der Waals surface area contributed by atoms with Gasteiger partial charge in [-0.05, 0) is 37.5 Å². The van der Waals surface area contributed by atoms with Crippen molar-refractivity contribution in [2.45, 2.75) is 33.7 Å². The summed E-state index contributed by atoms with van der Waals surface area (Å²) in [5.41, 5.74) is 1.16. The molecule has 1 atom stereocenters. The molecule has 5 nitrogen and oxygen atoms in total. The lowest BCUT2D eigenvalue weighted by molar-refractivity contribution is 0.271. The van der Waals surface area contributed by atoms with Crippen molar-refractivity contribution < 1.29 is 9.84 Å². The lowest BCUT2D eigenvalue weighted by atomic mass is 10.1. The summed E-state index contributed by atoms with van der Waals surface area (Å²) in [6, 6.07) is 8.23. The van der Waals surface area contributed by atoms with Gasteiger partial charge >= 0.3 is 0 Å². The van der Waals surface area contributed by atoms with E-state index in [0.717, 1.165) is 24.5 Å². The molecule has 1 aromatic rings. The van der Waals surface area contributed by atoms with E-state index in [9.17, 15) is 0 Å². The van der Waals surface area contributed by atoms with Gasteiger partial charge in [-0.25, -0.2) is 0 Å². The fourth-order valence-electron chi connectivity index (χ4n) is 1.89. The molecule has 0 saturated carbocycles. The number of benzene rings is 1. The standard InChI is InChI=1S/C17H29N3O2.HI/c1-5-18-17(19-10-11-21)20-14(4)15-6-8-16(9-7-15)22-12-13(2)3;/h6-9,13-14,21H,5,10-12H2,1-4H3,(H2,18,19,20);1H. The van der Waals surface area contributed by atoms with Crippen LogP contribution in [0.15, 0.2) is 29.3 Å². The van der Waals surface area contributed by atoms with Crippen molar-refractivity contribution in [1.29, 1.82) is 0 Å². The number of nitrogens with zero attached hydrogens (tertiary/aromatic N) is 1. The number of ether oxygens (including phenoxy) is 1. The van der Waals surface area contributed by atoms with Crippen LogP contribution in [0.3, 0.4) is 0 Å². The first-order valence-electron chi connectivity index (χ1n) is 7.95. The molecule has 1 aromatic carbocycles. The Kier molecular flexibility index (Phi) is 11.9. The van der Waals surface area contributed by atoms with Gasteiger partial charge in [0.15, 0.2) is 5.96 Å². The van der Waals surface area contributed by atoms with Gasteiger partial charge in [0.05, 0.1) is 25.8 Å². The molecule has 0 bridgehead atoms. The van der Waals surface area contributed by atoms with Crippen LogP contribution in [-0.2, 0) is 0 Å². The number of halogens is 1. The second-order valence-electron chi connectivity index (χ2n) is 5.62. The maximum absolute atomic E-state index is 8.88. The Morgan fingerprint density at radius 1 is 1.22 bits per heavy atom. The zero-order valence-corrected chi connectivity index (χ0v) is 16.8. The summed E-state index contributed by atoms with van der Waals surface area (Å²) in [5.74, 6) is 2.13. The van der Waals surface area contributed by atoms with E-state index in [1.807, 2.05) is 19.1 Å². The third kappa shape index (κ3) is 9.00. The lowest BCUT2D eigenvalue weighted by Gasteiger charge is -2.18. The number of guanidine groups is 1. The molecule has 3 N–H and O–H groups in total. The normalized spacial score (nSPS) is 12.5. The molecule has 1 rings (SSSR count). The molecule has 0 aliphatic rings. The fraction of sp³-hybridized carbons (Fsp3) is 0.588. The van der Waals surface area contributed by atoms with Crippen molar-refractivity contribution >= 4 is 29.9 Å². The first kappa shape index (κ1) is 22.0. The predicted octanol–water partition coefficient (Wildman–Crippen LogP) is 2.95. The molecule has 1 unspecified atom stereocenters. The number of aliphatic imine (C=N–C) groups is 1. The Labute approximate surface area is 156 Å². The maximum Gasteiger partial charge on any atom is 0.191 e. The van der Waals surface area contributed by atoms with Crippen molar-refractivity contribution in [3.8, 4) is 5.75 Å². The molecular weight excluding hydrogens is 405 g/mol. The molecule has 6 heteroatoms. The van der Waals surface area contributed by atoms with Crippen LogP contribution >= 0.6 is 24.0 Å². The molecule has 0 heterocycles. The van der Waals surface area contributed by atoms with Gasteiger partial charge in [0.2, 0.25) is 0 Å². The van der Waals surface area contributed by atoms with Crippen molar-refractivity contribution in [2.75, 3.05) is 26.3 Å². The van der Waals surface area contributed by atoms with E-state index >= 15 is 0 Å². The topological polar surface area (TPSA) is 65.9 Å². The van der Waals surface area contributed by atoms with Gasteiger partial charge in [0, 0.05) is 6.54 Å². The highest BCUT2D eigenvalue weighted by molar-refractivity contribution is 14.0. The summed E-state index contributed by atoms with van der Waals surface area (Å²) < 4.78 is 5.69. The van der Waals surface area contributed by atoms with Crippen molar-refractivity contribution in [3.63, 3.8) is 0 Å². The minimum absolute atomic E-state index is 0. The van der Waals surface area contributed by atoms with Crippen LogP contribution in [0.5, 0.6) is 5.75 Å². The summed E-state index contributed by atoms with van der Waals surface area (Å²) in [6.07, 6.45) is 0. The first-order chi connectivity index (χ1) is 10.6. The van der Waals surface area contributed by atoms with Crippen molar-refractivity contribution in [1.82, 2.24) is 10.6 Å². The fourth-order valence-corrected chi connectivity index (χ4v) is 1.89. The molecule has 0 spiro atoms. The molecule has 0 radical (unpaired) electrons. The zero-order chi connectivity index (χ0) is 16.4. The summed E-state index contributed by atoms with van der Waals surface area (Å²) in [7, 11) is 0. The minimum Gasteiger partial charge on any atom is -0.493 e. The van der Waals surface area contributed by atoms with Crippen LogP contribution in [0.25, 0.3) is 0 Å². The van der Waals surface area contributed by atoms with Crippen LogP contribution in [-0.4, -0.2) is 37.4 Å². The number of hydrogen-bond acceptors (Lipinski definition) is 3. The summed E-state index contributed by atoms with van der Waals surface area (Å²) in [6.45, 7) is 10.3. The molecule has 0 fully saturated rings. The van der Waals surface area contributed by atoms with E-state index < -0.39 is 0 Å². The van der Waals surface area contributed by atoms with E-state index in [4.69, 9.17) is 9.84 Å². The molecule has 0 saturated heterocycles. The second-order valence-corrected chi connectivity index (χ2v) is 5.62. The number of rotatable bonds is 8. The molecule has 0 amide bonds. The molecular formula is C17H30IN3O2. The number of aliphatic hydroxyl groups excluding tert-OH is 1.